The fourth-order valence-corrected chi connectivity index (χ4v) is 6.62. The molecule has 2 bridgehead atoms. The standard InChI is InChI=1S/C33H43N7O3/c1-33(2,3)43-32(42)38-15-13-37(14-16-38)19-23-7-6-8-24(17-23)20-40-25-11-12-26(40)22-39(21-25)29-18-28(35-36-31(29)34)27-9-4-5-10-30(27)41/h4-10,17-18,25-26,41H,11-16,19-22H2,1-3H3,(H2,34,36). The summed E-state index contributed by atoms with van der Waals surface area (Å²) in [5.41, 5.74) is 10.7. The molecule has 3 fully saturated rings. The lowest BCUT2D eigenvalue weighted by Crippen LogP contribution is -2.53. The Bertz CT molecular complexity index is 1440. The molecule has 43 heavy (non-hydrogen) atoms. The van der Waals surface area contributed by atoms with Crippen LogP contribution in [0.25, 0.3) is 11.3 Å². The van der Waals surface area contributed by atoms with Crippen LogP contribution in [0, 0.1) is 0 Å². The molecule has 4 heterocycles. The van der Waals surface area contributed by atoms with E-state index in [1.165, 1.54) is 11.1 Å². The van der Waals surface area contributed by atoms with E-state index in [0.717, 1.165) is 57.8 Å². The first-order valence-corrected chi connectivity index (χ1v) is 15.3. The van der Waals surface area contributed by atoms with E-state index in [4.69, 9.17) is 10.5 Å². The van der Waals surface area contributed by atoms with Crippen LogP contribution in [0.3, 0.4) is 0 Å². The number of ether oxygens (including phenoxy) is 1. The Balaban J connectivity index is 1.07. The lowest BCUT2D eigenvalue weighted by atomic mass is 10.1. The highest BCUT2D eigenvalue weighted by atomic mass is 16.6. The second-order valence-corrected chi connectivity index (χ2v) is 13.0. The molecule has 3 N–H and O–H groups in total. The molecule has 1 amide bonds. The molecule has 2 unspecified atom stereocenters. The van der Waals surface area contributed by atoms with Crippen molar-refractivity contribution in [1.82, 2.24) is 24.9 Å². The Morgan fingerprint density at radius 2 is 1.60 bits per heavy atom. The molecule has 0 spiro atoms. The van der Waals surface area contributed by atoms with Crippen molar-refractivity contribution in [2.24, 2.45) is 0 Å². The van der Waals surface area contributed by atoms with Gasteiger partial charge in [-0.15, -0.1) is 10.2 Å². The van der Waals surface area contributed by atoms with Gasteiger partial charge in [0.25, 0.3) is 0 Å². The zero-order valence-electron chi connectivity index (χ0n) is 25.4. The van der Waals surface area contributed by atoms with Crippen LogP contribution in [0.5, 0.6) is 5.75 Å². The molecule has 10 nitrogen and oxygen atoms in total. The van der Waals surface area contributed by atoms with Gasteiger partial charge in [0.2, 0.25) is 0 Å². The number of carbonyl (C=O) groups is 1. The average molecular weight is 586 g/mol. The Kier molecular flexibility index (Phi) is 8.15. The maximum atomic E-state index is 12.4. The van der Waals surface area contributed by atoms with Crippen molar-refractivity contribution in [3.8, 4) is 17.0 Å². The van der Waals surface area contributed by atoms with Crippen molar-refractivity contribution in [3.05, 3.63) is 65.7 Å². The Morgan fingerprint density at radius 3 is 2.28 bits per heavy atom. The largest absolute Gasteiger partial charge is 0.507 e. The zero-order chi connectivity index (χ0) is 30.1. The van der Waals surface area contributed by atoms with E-state index >= 15 is 0 Å². The second-order valence-electron chi connectivity index (χ2n) is 13.0. The van der Waals surface area contributed by atoms with Gasteiger partial charge < -0.3 is 25.4 Å². The summed E-state index contributed by atoms with van der Waals surface area (Å²) >= 11 is 0. The van der Waals surface area contributed by atoms with Crippen LogP contribution in [0.4, 0.5) is 16.3 Å². The summed E-state index contributed by atoms with van der Waals surface area (Å²) in [6.07, 6.45) is 2.10. The smallest absolute Gasteiger partial charge is 0.410 e. The molecule has 2 aromatic carbocycles. The molecule has 3 saturated heterocycles. The first-order valence-electron chi connectivity index (χ1n) is 15.3. The summed E-state index contributed by atoms with van der Waals surface area (Å²) in [4.78, 5) is 21.7. The van der Waals surface area contributed by atoms with Crippen LogP contribution >= 0.6 is 0 Å². The summed E-state index contributed by atoms with van der Waals surface area (Å²) in [7, 11) is 0. The van der Waals surface area contributed by atoms with Crippen molar-refractivity contribution in [2.75, 3.05) is 49.9 Å². The molecule has 3 aliphatic heterocycles. The highest BCUT2D eigenvalue weighted by Gasteiger charge is 2.40. The van der Waals surface area contributed by atoms with Gasteiger partial charge in [-0.1, -0.05) is 36.4 Å². The number of benzene rings is 2. The third kappa shape index (κ3) is 6.70. The van der Waals surface area contributed by atoms with Crippen molar-refractivity contribution < 1.29 is 14.6 Å². The number of aromatic nitrogens is 2. The van der Waals surface area contributed by atoms with E-state index < -0.39 is 5.60 Å². The number of nitrogen functional groups attached to an aromatic ring is 1. The fourth-order valence-electron chi connectivity index (χ4n) is 6.62. The first-order chi connectivity index (χ1) is 20.6. The van der Waals surface area contributed by atoms with Crippen LogP contribution in [-0.4, -0.2) is 93.1 Å². The highest BCUT2D eigenvalue weighted by molar-refractivity contribution is 5.74. The van der Waals surface area contributed by atoms with Gasteiger partial charge in [0.1, 0.15) is 11.4 Å². The van der Waals surface area contributed by atoms with Gasteiger partial charge >= 0.3 is 6.09 Å². The van der Waals surface area contributed by atoms with Gasteiger partial charge in [-0.2, -0.15) is 0 Å². The minimum atomic E-state index is -0.471. The first kappa shape index (κ1) is 29.2. The molecule has 228 valence electrons. The highest BCUT2D eigenvalue weighted by Crippen LogP contribution is 2.37. The number of hydrogen-bond donors (Lipinski definition) is 2. The van der Waals surface area contributed by atoms with Crippen molar-refractivity contribution in [1.29, 1.82) is 0 Å². The number of rotatable bonds is 6. The van der Waals surface area contributed by atoms with Crippen LogP contribution in [0.2, 0.25) is 0 Å². The molecule has 0 aliphatic carbocycles. The summed E-state index contributed by atoms with van der Waals surface area (Å²) in [6.45, 7) is 12.3. The second kappa shape index (κ2) is 12.0. The minimum Gasteiger partial charge on any atom is -0.507 e. The SMILES string of the molecule is CC(C)(C)OC(=O)N1CCN(Cc2cccc(CN3C4CCC3CN(c3cc(-c5ccccc5O)nnc3N)C4)c2)CC1. The molecule has 6 rings (SSSR count). The molecule has 0 saturated carbocycles. The molecule has 10 heteroatoms. The zero-order valence-corrected chi connectivity index (χ0v) is 25.4. The number of phenols is 1. The van der Waals surface area contributed by atoms with E-state index in [2.05, 4.69) is 49.2 Å². The van der Waals surface area contributed by atoms with Crippen LogP contribution in [0.1, 0.15) is 44.7 Å². The third-order valence-corrected chi connectivity index (χ3v) is 8.74. The average Bonchev–Trinajstić information content (AvgIpc) is 3.19. The number of nitrogens with two attached hydrogens (primary N) is 1. The van der Waals surface area contributed by atoms with Gasteiger partial charge in [-0.25, -0.2) is 4.79 Å². The van der Waals surface area contributed by atoms with Gasteiger partial charge in [0.15, 0.2) is 5.82 Å². The van der Waals surface area contributed by atoms with E-state index in [1.807, 2.05) is 43.9 Å². The van der Waals surface area contributed by atoms with Gasteiger partial charge in [-0.3, -0.25) is 9.80 Å². The summed E-state index contributed by atoms with van der Waals surface area (Å²) in [5.74, 6) is 0.606. The number of phenolic OH excluding ortho intramolecular Hbond substituents is 1. The van der Waals surface area contributed by atoms with E-state index in [1.54, 1.807) is 12.1 Å². The van der Waals surface area contributed by atoms with Crippen LogP contribution < -0.4 is 10.6 Å². The molecule has 3 aliphatic rings. The number of anilines is 2. The number of aromatic hydroxyl groups is 1. The Hall–Kier alpha value is -3.89. The monoisotopic (exact) mass is 585 g/mol. The normalized spacial score (nSPS) is 21.3. The van der Waals surface area contributed by atoms with Crippen LogP contribution in [0.15, 0.2) is 54.6 Å². The van der Waals surface area contributed by atoms with Crippen molar-refractivity contribution in [3.63, 3.8) is 0 Å². The van der Waals surface area contributed by atoms with Crippen molar-refractivity contribution in [2.45, 2.75) is 64.4 Å². The number of amides is 1. The number of carbonyl (C=O) groups excluding carboxylic acids is 1. The van der Waals surface area contributed by atoms with E-state index in [9.17, 15) is 9.90 Å². The molecule has 3 aromatic rings. The number of piperazine rings is 2. The topological polar surface area (TPSA) is 111 Å². The quantitative estimate of drug-likeness (QED) is 0.437. The maximum absolute atomic E-state index is 12.4. The number of hydrogen-bond acceptors (Lipinski definition) is 9. The van der Waals surface area contributed by atoms with E-state index in [0.29, 0.717) is 42.2 Å². The predicted molar refractivity (Wildman–Crippen MR) is 168 cm³/mol. The lowest BCUT2D eigenvalue weighted by molar-refractivity contribution is 0.0139. The number of para-hydroxylation sites is 1. The fraction of sp³-hybridized carbons (Fsp3) is 0.485. The molecular formula is C33H43N7O3. The summed E-state index contributed by atoms with van der Waals surface area (Å²) in [5, 5.41) is 18.8. The lowest BCUT2D eigenvalue weighted by Gasteiger charge is -2.42. The minimum absolute atomic E-state index is 0.183. The van der Waals surface area contributed by atoms with Gasteiger partial charge in [0.05, 0.1) is 11.4 Å². The number of nitrogens with zero attached hydrogens (tertiary/aromatic N) is 6. The van der Waals surface area contributed by atoms with Gasteiger partial charge in [-0.05, 0) is 62.9 Å². The molecule has 0 radical (unpaired) electrons. The van der Waals surface area contributed by atoms with Gasteiger partial charge in [0, 0.05) is 70.0 Å². The predicted octanol–water partition coefficient (Wildman–Crippen LogP) is 4.34. The maximum Gasteiger partial charge on any atom is 0.410 e. The summed E-state index contributed by atoms with van der Waals surface area (Å²) < 4.78 is 5.55. The molecular weight excluding hydrogens is 542 g/mol. The Labute approximate surface area is 254 Å². The molecule has 1 aromatic heterocycles. The summed E-state index contributed by atoms with van der Waals surface area (Å²) in [6, 6.07) is 19.0. The number of fused-ring (bicyclic) bond motifs is 2. The van der Waals surface area contributed by atoms with Crippen molar-refractivity contribution >= 4 is 17.6 Å². The third-order valence-electron chi connectivity index (χ3n) is 8.74. The molecule has 2 atom stereocenters. The Morgan fingerprint density at radius 1 is 0.930 bits per heavy atom. The van der Waals surface area contributed by atoms with Crippen LogP contribution in [-0.2, 0) is 17.8 Å². The van der Waals surface area contributed by atoms with E-state index in [-0.39, 0.29) is 11.8 Å².